The number of benzene rings is 1. The number of amides is 2. The van der Waals surface area contributed by atoms with Gasteiger partial charge in [0.15, 0.2) is 0 Å². The minimum Gasteiger partial charge on any atom is -0.274 e. The largest absolute Gasteiger partial charge is 0.274 e. The van der Waals surface area contributed by atoms with Crippen molar-refractivity contribution in [2.24, 2.45) is 0 Å². The molecule has 2 amide bonds. The van der Waals surface area contributed by atoms with E-state index in [4.69, 9.17) is 0 Å². The van der Waals surface area contributed by atoms with Crippen LogP contribution in [0.4, 0.5) is 0 Å². The zero-order chi connectivity index (χ0) is 17.4. The second-order valence-electron chi connectivity index (χ2n) is 5.58. The molecule has 132 valence electrons. The van der Waals surface area contributed by atoms with E-state index in [1.807, 2.05) is 6.26 Å². The molecule has 0 fully saturated rings. The van der Waals surface area contributed by atoms with Crippen LogP contribution in [0.2, 0.25) is 0 Å². The number of unbranched alkanes of at least 4 members (excludes halogenated alkanes) is 1. The third-order valence-electron chi connectivity index (χ3n) is 4.01. The maximum Gasteiger partial charge on any atom is 0.261 e. The topological polar surface area (TPSA) is 52.6 Å². The molecule has 1 N–H and O–H groups in total. The van der Waals surface area contributed by atoms with Crippen LogP contribution in [0.3, 0.4) is 0 Å². The molecule has 0 atom stereocenters. The summed E-state index contributed by atoms with van der Waals surface area (Å²) in [7, 11) is 0. The number of hydrogen-bond acceptors (Lipinski definition) is 6. The Bertz CT molecular complexity index is 534. The summed E-state index contributed by atoms with van der Waals surface area (Å²) in [6.07, 6.45) is 7.05. The van der Waals surface area contributed by atoms with Crippen molar-refractivity contribution in [3.63, 3.8) is 0 Å². The standard InChI is InChI=1S/C17H25N3O2S2/c1-23-18-10-7-12-19(24-2)11-5-6-13-20-16(21)14-8-3-4-9-15(14)17(20)22/h3-4,8-9,18H,5-7,10-13H2,1-2H3. The second kappa shape index (κ2) is 10.1. The lowest BCUT2D eigenvalue weighted by Crippen LogP contribution is -2.31. The molecule has 0 saturated heterocycles. The Morgan fingerprint density at radius 1 is 1.00 bits per heavy atom. The van der Waals surface area contributed by atoms with Crippen molar-refractivity contribution in [1.82, 2.24) is 13.9 Å². The summed E-state index contributed by atoms with van der Waals surface area (Å²) >= 11 is 3.40. The fraction of sp³-hybridized carbons (Fsp3) is 0.529. The van der Waals surface area contributed by atoms with Gasteiger partial charge in [-0.3, -0.25) is 23.5 Å². The van der Waals surface area contributed by atoms with Gasteiger partial charge in [0.05, 0.1) is 11.1 Å². The minimum atomic E-state index is -0.152. The average Bonchev–Trinajstić information content (AvgIpc) is 2.85. The number of carbonyl (C=O) groups is 2. The number of carbonyl (C=O) groups excluding carboxylic acids is 2. The molecule has 5 nitrogen and oxygen atoms in total. The van der Waals surface area contributed by atoms with Crippen molar-refractivity contribution in [1.29, 1.82) is 0 Å². The van der Waals surface area contributed by atoms with Gasteiger partial charge in [0.2, 0.25) is 0 Å². The van der Waals surface area contributed by atoms with Crippen molar-refractivity contribution in [3.05, 3.63) is 35.4 Å². The molecule has 1 aliphatic rings. The van der Waals surface area contributed by atoms with Crippen LogP contribution in [0, 0.1) is 0 Å². The van der Waals surface area contributed by atoms with Crippen molar-refractivity contribution in [3.8, 4) is 0 Å². The van der Waals surface area contributed by atoms with E-state index in [2.05, 4.69) is 15.3 Å². The predicted octanol–water partition coefficient (Wildman–Crippen LogP) is 2.90. The van der Waals surface area contributed by atoms with Gasteiger partial charge < -0.3 is 0 Å². The summed E-state index contributed by atoms with van der Waals surface area (Å²) in [6.45, 7) is 3.53. The lowest BCUT2D eigenvalue weighted by molar-refractivity contribution is 0.0651. The Labute approximate surface area is 152 Å². The summed E-state index contributed by atoms with van der Waals surface area (Å²) in [4.78, 5) is 25.9. The first-order chi connectivity index (χ1) is 11.7. The summed E-state index contributed by atoms with van der Waals surface area (Å²) < 4.78 is 5.59. The van der Waals surface area contributed by atoms with Gasteiger partial charge in [0.25, 0.3) is 11.8 Å². The highest BCUT2D eigenvalue weighted by molar-refractivity contribution is 7.96. The van der Waals surface area contributed by atoms with Crippen LogP contribution in [0.5, 0.6) is 0 Å². The molecular weight excluding hydrogens is 342 g/mol. The van der Waals surface area contributed by atoms with Gasteiger partial charge in [0.1, 0.15) is 0 Å². The molecule has 0 saturated carbocycles. The van der Waals surface area contributed by atoms with E-state index in [1.54, 1.807) is 48.2 Å². The predicted molar refractivity (Wildman–Crippen MR) is 102 cm³/mol. The van der Waals surface area contributed by atoms with E-state index < -0.39 is 0 Å². The highest BCUT2D eigenvalue weighted by Crippen LogP contribution is 2.22. The molecule has 0 aromatic heterocycles. The first-order valence-electron chi connectivity index (χ1n) is 8.19. The third-order valence-corrected chi connectivity index (χ3v) is 5.38. The lowest BCUT2D eigenvalue weighted by atomic mass is 10.1. The number of imide groups is 1. The van der Waals surface area contributed by atoms with Crippen LogP contribution < -0.4 is 4.72 Å². The Kier molecular flexibility index (Phi) is 8.11. The van der Waals surface area contributed by atoms with Crippen molar-refractivity contribution in [2.75, 3.05) is 38.7 Å². The molecule has 0 spiro atoms. The van der Waals surface area contributed by atoms with E-state index in [0.717, 1.165) is 38.9 Å². The maximum absolute atomic E-state index is 12.3. The molecule has 1 aliphatic heterocycles. The fourth-order valence-electron chi connectivity index (χ4n) is 2.72. The van der Waals surface area contributed by atoms with Crippen molar-refractivity contribution < 1.29 is 9.59 Å². The quantitative estimate of drug-likeness (QED) is 0.369. The van der Waals surface area contributed by atoms with Gasteiger partial charge in [-0.15, -0.1) is 0 Å². The summed E-state index contributed by atoms with van der Waals surface area (Å²) in [5.74, 6) is -0.305. The molecule has 2 rings (SSSR count). The van der Waals surface area contributed by atoms with Gasteiger partial charge in [-0.1, -0.05) is 36.0 Å². The molecule has 1 aromatic carbocycles. The lowest BCUT2D eigenvalue weighted by Gasteiger charge is -2.20. The highest BCUT2D eigenvalue weighted by Gasteiger charge is 2.34. The number of rotatable bonds is 11. The van der Waals surface area contributed by atoms with Crippen molar-refractivity contribution >= 4 is 35.7 Å². The molecule has 1 aromatic rings. The molecule has 0 radical (unpaired) electrons. The van der Waals surface area contributed by atoms with Gasteiger partial charge in [0, 0.05) is 26.2 Å². The molecule has 24 heavy (non-hydrogen) atoms. The van der Waals surface area contributed by atoms with Crippen LogP contribution >= 0.6 is 23.9 Å². The Balaban J connectivity index is 1.71. The third kappa shape index (κ3) is 4.99. The Hall–Kier alpha value is -1.02. The molecule has 0 bridgehead atoms. The van der Waals surface area contributed by atoms with Gasteiger partial charge in [-0.2, -0.15) is 0 Å². The Morgan fingerprint density at radius 2 is 1.62 bits per heavy atom. The normalized spacial score (nSPS) is 13.9. The van der Waals surface area contributed by atoms with E-state index in [0.29, 0.717) is 17.7 Å². The van der Waals surface area contributed by atoms with Gasteiger partial charge >= 0.3 is 0 Å². The van der Waals surface area contributed by atoms with Gasteiger partial charge in [-0.25, -0.2) is 0 Å². The number of fused-ring (bicyclic) bond motifs is 1. The zero-order valence-electron chi connectivity index (χ0n) is 14.3. The monoisotopic (exact) mass is 367 g/mol. The SMILES string of the molecule is CSNCCCN(CCCCN1C(=O)c2ccccc2C1=O)SC. The molecule has 7 heteroatoms. The molecular formula is C17H25N3O2S2. The van der Waals surface area contributed by atoms with E-state index in [1.165, 1.54) is 4.90 Å². The van der Waals surface area contributed by atoms with Gasteiger partial charge in [-0.05, 0) is 43.9 Å². The molecule has 0 unspecified atom stereocenters. The van der Waals surface area contributed by atoms with E-state index in [-0.39, 0.29) is 11.8 Å². The first kappa shape index (κ1) is 19.3. The van der Waals surface area contributed by atoms with Crippen molar-refractivity contribution in [2.45, 2.75) is 19.3 Å². The summed E-state index contributed by atoms with van der Waals surface area (Å²) in [5, 5.41) is 0. The number of hydrogen-bond donors (Lipinski definition) is 1. The zero-order valence-corrected chi connectivity index (χ0v) is 15.9. The number of nitrogens with one attached hydrogen (secondary N) is 1. The average molecular weight is 368 g/mol. The van der Waals surface area contributed by atoms with E-state index >= 15 is 0 Å². The molecule has 0 aliphatic carbocycles. The minimum absolute atomic E-state index is 0.152. The highest BCUT2D eigenvalue weighted by atomic mass is 32.2. The van der Waals surface area contributed by atoms with Crippen LogP contribution in [0.1, 0.15) is 40.0 Å². The van der Waals surface area contributed by atoms with E-state index in [9.17, 15) is 9.59 Å². The van der Waals surface area contributed by atoms with Crippen LogP contribution in [-0.4, -0.2) is 59.7 Å². The smallest absolute Gasteiger partial charge is 0.261 e. The van der Waals surface area contributed by atoms with Crippen LogP contribution in [-0.2, 0) is 0 Å². The summed E-state index contributed by atoms with van der Waals surface area (Å²) in [6, 6.07) is 7.06. The fourth-order valence-corrected chi connectivity index (χ4v) is 3.70. The maximum atomic E-state index is 12.3. The second-order valence-corrected chi connectivity index (χ2v) is 7.16. The van der Waals surface area contributed by atoms with Crippen LogP contribution in [0.15, 0.2) is 24.3 Å². The first-order valence-corrected chi connectivity index (χ1v) is 10.6. The summed E-state index contributed by atoms with van der Waals surface area (Å²) in [5.41, 5.74) is 1.07. The Morgan fingerprint density at radius 3 is 2.21 bits per heavy atom. The van der Waals surface area contributed by atoms with Crippen LogP contribution in [0.25, 0.3) is 0 Å². The molecule has 1 heterocycles. The number of nitrogens with zero attached hydrogens (tertiary/aromatic N) is 2.